The fourth-order valence-corrected chi connectivity index (χ4v) is 4.77. The number of nitriles is 1. The van der Waals surface area contributed by atoms with E-state index < -0.39 is 6.04 Å². The number of likely N-dealkylation sites (tertiary alicyclic amines) is 1. The molecule has 0 aromatic heterocycles. The molecule has 158 valence electrons. The zero-order valence-corrected chi connectivity index (χ0v) is 17.6. The number of aliphatic hydroxyl groups is 1. The van der Waals surface area contributed by atoms with E-state index in [9.17, 15) is 15.2 Å². The standard InChI is InChI=1S/C26H26N2O3/c1-31-24-9-5-4-6-19(24)13-10-18-11-14-20(15-12-18)25-22(16-27)28(23(25)17-29)26(30)21-7-2-3-8-21/h4-6,9,11-12,14-15,21-23,25,29H,2-3,7-8,17H2,1H3/t22-,23+,25+/m0/s1. The Morgan fingerprint density at radius 2 is 1.84 bits per heavy atom. The Labute approximate surface area is 183 Å². The van der Waals surface area contributed by atoms with Gasteiger partial charge in [0.25, 0.3) is 0 Å². The van der Waals surface area contributed by atoms with Crippen LogP contribution >= 0.6 is 0 Å². The summed E-state index contributed by atoms with van der Waals surface area (Å²) in [6.07, 6.45) is 3.89. The van der Waals surface area contributed by atoms with E-state index in [1.165, 1.54) is 0 Å². The summed E-state index contributed by atoms with van der Waals surface area (Å²) >= 11 is 0. The van der Waals surface area contributed by atoms with Crippen LogP contribution in [0.4, 0.5) is 0 Å². The van der Waals surface area contributed by atoms with Crippen molar-refractivity contribution in [1.82, 2.24) is 4.90 Å². The van der Waals surface area contributed by atoms with E-state index in [2.05, 4.69) is 17.9 Å². The predicted octanol–water partition coefficient (Wildman–Crippen LogP) is 3.46. The molecule has 2 fully saturated rings. The maximum Gasteiger partial charge on any atom is 0.227 e. The highest BCUT2D eigenvalue weighted by molar-refractivity contribution is 5.82. The minimum absolute atomic E-state index is 0.00141. The van der Waals surface area contributed by atoms with Gasteiger partial charge in [0.05, 0.1) is 31.4 Å². The lowest BCUT2D eigenvalue weighted by molar-refractivity contribution is -0.151. The van der Waals surface area contributed by atoms with Gasteiger partial charge >= 0.3 is 0 Å². The minimum Gasteiger partial charge on any atom is -0.495 e. The summed E-state index contributed by atoms with van der Waals surface area (Å²) in [7, 11) is 1.62. The average molecular weight is 415 g/mol. The van der Waals surface area contributed by atoms with Crippen molar-refractivity contribution in [1.29, 1.82) is 5.26 Å². The first-order chi connectivity index (χ1) is 15.2. The van der Waals surface area contributed by atoms with Crippen LogP contribution in [0.2, 0.25) is 0 Å². The molecule has 5 nitrogen and oxygen atoms in total. The summed E-state index contributed by atoms with van der Waals surface area (Å²) in [5, 5.41) is 19.7. The maximum atomic E-state index is 12.9. The molecule has 1 amide bonds. The van der Waals surface area contributed by atoms with Gasteiger partial charge in [-0.15, -0.1) is 0 Å². The summed E-state index contributed by atoms with van der Waals surface area (Å²) in [5.74, 6) is 6.85. The minimum atomic E-state index is -0.532. The maximum absolute atomic E-state index is 12.9. The summed E-state index contributed by atoms with van der Waals surface area (Å²) < 4.78 is 5.33. The molecule has 2 aromatic rings. The van der Waals surface area contributed by atoms with E-state index >= 15 is 0 Å². The Morgan fingerprint density at radius 3 is 2.48 bits per heavy atom. The Kier molecular flexibility index (Phi) is 6.26. The molecule has 2 aliphatic rings. The van der Waals surface area contributed by atoms with Gasteiger partial charge in [-0.05, 0) is 42.7 Å². The Bertz CT molecular complexity index is 1040. The number of carbonyl (C=O) groups is 1. The van der Waals surface area contributed by atoms with E-state index in [1.54, 1.807) is 12.0 Å². The highest BCUT2D eigenvalue weighted by atomic mass is 16.5. The van der Waals surface area contributed by atoms with Crippen LogP contribution in [0.15, 0.2) is 48.5 Å². The van der Waals surface area contributed by atoms with Crippen molar-refractivity contribution in [2.24, 2.45) is 5.92 Å². The van der Waals surface area contributed by atoms with Crippen LogP contribution < -0.4 is 4.74 Å². The van der Waals surface area contributed by atoms with Crippen LogP contribution in [-0.4, -0.2) is 41.7 Å². The third kappa shape index (κ3) is 4.02. The second-order valence-electron chi connectivity index (χ2n) is 8.15. The molecule has 0 bridgehead atoms. The van der Waals surface area contributed by atoms with E-state index in [0.29, 0.717) is 0 Å². The van der Waals surface area contributed by atoms with Crippen LogP contribution in [-0.2, 0) is 4.79 Å². The smallest absolute Gasteiger partial charge is 0.227 e. The number of hydrogen-bond acceptors (Lipinski definition) is 4. The lowest BCUT2D eigenvalue weighted by atomic mass is 9.75. The van der Waals surface area contributed by atoms with Gasteiger partial charge in [-0.1, -0.05) is 48.9 Å². The molecule has 0 unspecified atom stereocenters. The van der Waals surface area contributed by atoms with Crippen molar-refractivity contribution in [3.8, 4) is 23.7 Å². The normalized spacial score (nSPS) is 22.7. The number of nitrogens with zero attached hydrogens (tertiary/aromatic N) is 2. The number of aliphatic hydroxyl groups excluding tert-OH is 1. The van der Waals surface area contributed by atoms with Gasteiger partial charge in [-0.25, -0.2) is 0 Å². The Hall–Kier alpha value is -3.28. The number of hydrogen-bond donors (Lipinski definition) is 1. The second-order valence-corrected chi connectivity index (χ2v) is 8.15. The molecule has 4 rings (SSSR count). The number of amides is 1. The van der Waals surface area contributed by atoms with Gasteiger partial charge < -0.3 is 14.7 Å². The van der Waals surface area contributed by atoms with Crippen molar-refractivity contribution in [3.63, 3.8) is 0 Å². The third-order valence-corrected chi connectivity index (χ3v) is 6.43. The SMILES string of the molecule is COc1ccccc1C#Cc1ccc([C@H]2[C@@H](CO)N(C(=O)C3CCCC3)[C@H]2C#N)cc1. The number of para-hydroxylation sites is 1. The van der Waals surface area contributed by atoms with Crippen LogP contribution in [0.1, 0.15) is 48.3 Å². The van der Waals surface area contributed by atoms with Gasteiger partial charge in [-0.2, -0.15) is 5.26 Å². The largest absolute Gasteiger partial charge is 0.495 e. The second kappa shape index (κ2) is 9.25. The molecule has 5 heteroatoms. The molecular weight excluding hydrogens is 388 g/mol. The average Bonchev–Trinajstić information content (AvgIpc) is 3.34. The highest BCUT2D eigenvalue weighted by Crippen LogP contribution is 2.42. The molecule has 1 saturated heterocycles. The van der Waals surface area contributed by atoms with Crippen LogP contribution in [0.3, 0.4) is 0 Å². The summed E-state index contributed by atoms with van der Waals surface area (Å²) in [4.78, 5) is 14.5. The Morgan fingerprint density at radius 1 is 1.13 bits per heavy atom. The number of carbonyl (C=O) groups excluding carboxylic acids is 1. The molecule has 1 aliphatic heterocycles. The van der Waals surface area contributed by atoms with E-state index in [1.807, 2.05) is 48.5 Å². The third-order valence-electron chi connectivity index (χ3n) is 6.43. The zero-order valence-electron chi connectivity index (χ0n) is 17.6. The Balaban J connectivity index is 1.51. The number of ether oxygens (including phenoxy) is 1. The van der Waals surface area contributed by atoms with Crippen LogP contribution in [0.5, 0.6) is 5.75 Å². The van der Waals surface area contributed by atoms with Crippen LogP contribution in [0, 0.1) is 29.1 Å². The number of methoxy groups -OCH3 is 1. The first-order valence-corrected chi connectivity index (χ1v) is 10.8. The van der Waals surface area contributed by atoms with Crippen molar-refractivity contribution < 1.29 is 14.6 Å². The first-order valence-electron chi connectivity index (χ1n) is 10.8. The van der Waals surface area contributed by atoms with Gasteiger partial charge in [0.2, 0.25) is 5.91 Å². The fourth-order valence-electron chi connectivity index (χ4n) is 4.77. The molecule has 0 spiro atoms. The number of rotatable bonds is 4. The molecule has 3 atom stereocenters. The molecule has 1 saturated carbocycles. The first kappa shape index (κ1) is 21.0. The molecular formula is C26H26N2O3. The van der Waals surface area contributed by atoms with Gasteiger partial charge in [0, 0.05) is 17.4 Å². The summed E-state index contributed by atoms with van der Waals surface area (Å²) in [5.41, 5.74) is 2.62. The van der Waals surface area contributed by atoms with E-state index in [-0.39, 0.29) is 30.4 Å². The fraction of sp³-hybridized carbons (Fsp3) is 0.385. The molecule has 2 aromatic carbocycles. The van der Waals surface area contributed by atoms with Crippen molar-refractivity contribution in [3.05, 3.63) is 65.2 Å². The molecule has 0 radical (unpaired) electrons. The molecule has 1 heterocycles. The van der Waals surface area contributed by atoms with Crippen molar-refractivity contribution >= 4 is 5.91 Å². The quantitative estimate of drug-likeness (QED) is 0.778. The molecule has 1 N–H and O–H groups in total. The summed E-state index contributed by atoms with van der Waals surface area (Å²) in [6.45, 7) is -0.142. The van der Waals surface area contributed by atoms with Gasteiger partial charge in [-0.3, -0.25) is 4.79 Å². The lowest BCUT2D eigenvalue weighted by Crippen LogP contribution is -2.66. The predicted molar refractivity (Wildman–Crippen MR) is 117 cm³/mol. The zero-order chi connectivity index (χ0) is 21.8. The topological polar surface area (TPSA) is 73.6 Å². The highest BCUT2D eigenvalue weighted by Gasteiger charge is 2.52. The van der Waals surface area contributed by atoms with Crippen LogP contribution in [0.25, 0.3) is 0 Å². The lowest BCUT2D eigenvalue weighted by Gasteiger charge is -2.52. The van der Waals surface area contributed by atoms with Gasteiger partial charge in [0.15, 0.2) is 0 Å². The molecule has 31 heavy (non-hydrogen) atoms. The summed E-state index contributed by atoms with van der Waals surface area (Å²) in [6, 6.07) is 16.8. The van der Waals surface area contributed by atoms with E-state index in [4.69, 9.17) is 4.74 Å². The number of benzene rings is 2. The van der Waals surface area contributed by atoms with Crippen molar-refractivity contribution in [2.45, 2.75) is 43.7 Å². The molecule has 1 aliphatic carbocycles. The van der Waals surface area contributed by atoms with E-state index in [0.717, 1.165) is 48.1 Å². The monoisotopic (exact) mass is 414 g/mol. The van der Waals surface area contributed by atoms with Gasteiger partial charge in [0.1, 0.15) is 11.8 Å². The van der Waals surface area contributed by atoms with Crippen molar-refractivity contribution in [2.75, 3.05) is 13.7 Å².